The highest BCUT2D eigenvalue weighted by molar-refractivity contribution is 7.85. The highest BCUT2D eigenvalue weighted by Gasteiger charge is 2.39. The number of hydrogen-bond acceptors (Lipinski definition) is 9. The van der Waals surface area contributed by atoms with E-state index in [4.69, 9.17) is 21.7 Å². The minimum absolute atomic E-state index is 0.262. The predicted molar refractivity (Wildman–Crippen MR) is 139 cm³/mol. The average molecular weight is 502 g/mol. The Kier molecular flexibility index (Phi) is 6.66. The Morgan fingerprint density at radius 2 is 2.11 bits per heavy atom. The van der Waals surface area contributed by atoms with Crippen molar-refractivity contribution < 1.29 is 4.21 Å². The molecule has 10 nitrogen and oxygen atoms in total. The summed E-state index contributed by atoms with van der Waals surface area (Å²) in [6.45, 7) is 3.65. The van der Waals surface area contributed by atoms with Crippen molar-refractivity contribution in [3.63, 3.8) is 0 Å². The van der Waals surface area contributed by atoms with Gasteiger partial charge >= 0.3 is 0 Å². The molecule has 0 aromatic carbocycles. The van der Waals surface area contributed by atoms with Crippen LogP contribution < -0.4 is 15.5 Å². The predicted octanol–water partition coefficient (Wildman–Crippen LogP) is 2.03. The largest absolute Gasteiger partial charge is 0.362 e. The summed E-state index contributed by atoms with van der Waals surface area (Å²) in [6, 6.07) is 0. The fourth-order valence-electron chi connectivity index (χ4n) is 4.60. The maximum Gasteiger partial charge on any atom is 0.227 e. The van der Waals surface area contributed by atoms with Crippen LogP contribution in [0, 0.1) is 23.8 Å². The van der Waals surface area contributed by atoms with Gasteiger partial charge in [0.1, 0.15) is 16.5 Å². The van der Waals surface area contributed by atoms with Gasteiger partial charge in [0.15, 0.2) is 12.0 Å². The first kappa shape index (κ1) is 23.9. The summed E-state index contributed by atoms with van der Waals surface area (Å²) in [5, 5.41) is 15.0. The molecule has 2 N–H and O–H groups in total. The first-order valence-corrected chi connectivity index (χ1v) is 13.3. The van der Waals surface area contributed by atoms with Gasteiger partial charge in [0, 0.05) is 37.7 Å². The third-order valence-corrected chi connectivity index (χ3v) is 8.28. The van der Waals surface area contributed by atoms with Crippen LogP contribution in [0.3, 0.4) is 0 Å². The molecule has 184 valence electrons. The number of aliphatic imine (C=N–C) groups is 1. The first-order chi connectivity index (χ1) is 17.5. The third kappa shape index (κ3) is 4.79. The molecule has 1 saturated carbocycles. The third-order valence-electron chi connectivity index (χ3n) is 6.82. The van der Waals surface area contributed by atoms with Crippen LogP contribution in [0.1, 0.15) is 49.7 Å². The van der Waals surface area contributed by atoms with Crippen LogP contribution in [0.2, 0.25) is 0 Å². The molecule has 0 saturated heterocycles. The maximum atomic E-state index is 12.8. The summed E-state index contributed by atoms with van der Waals surface area (Å²) in [7, 11) is -1.12. The summed E-state index contributed by atoms with van der Waals surface area (Å²) < 4.78 is 12.8. The molecule has 11 heteroatoms. The van der Waals surface area contributed by atoms with Gasteiger partial charge in [0.2, 0.25) is 5.95 Å². The Hall–Kier alpha value is -3.83. The van der Waals surface area contributed by atoms with Crippen molar-refractivity contribution in [1.82, 2.24) is 25.3 Å². The molecule has 0 radical (unpaired) electrons. The van der Waals surface area contributed by atoms with Gasteiger partial charge in [0.05, 0.1) is 34.1 Å². The van der Waals surface area contributed by atoms with Crippen LogP contribution in [0.5, 0.6) is 0 Å². The number of nitrogens with one attached hydrogen (secondary N) is 2. The topological polar surface area (TPSA) is 132 Å². The van der Waals surface area contributed by atoms with Crippen molar-refractivity contribution in [2.24, 2.45) is 4.99 Å². The lowest BCUT2D eigenvalue weighted by atomic mass is 9.76. The van der Waals surface area contributed by atoms with E-state index >= 15 is 0 Å². The lowest BCUT2D eigenvalue weighted by Crippen LogP contribution is -2.48. The van der Waals surface area contributed by atoms with E-state index in [1.807, 2.05) is 6.19 Å². The highest BCUT2D eigenvalue weighted by atomic mass is 32.2. The van der Waals surface area contributed by atoms with E-state index in [1.54, 1.807) is 19.3 Å². The lowest BCUT2D eigenvalue weighted by Gasteiger charge is -2.42. The zero-order valence-corrected chi connectivity index (χ0v) is 20.9. The lowest BCUT2D eigenvalue weighted by molar-refractivity contribution is 0.286. The Balaban J connectivity index is 1.38. The molecular formula is C25H27N9OS. The number of rotatable bonds is 6. The van der Waals surface area contributed by atoms with Gasteiger partial charge in [-0.2, -0.15) is 10.2 Å². The van der Waals surface area contributed by atoms with E-state index in [1.165, 1.54) is 0 Å². The molecule has 2 aromatic rings. The zero-order chi connectivity index (χ0) is 25.1. The highest BCUT2D eigenvalue weighted by Crippen LogP contribution is 2.39. The molecule has 0 amide bonds. The summed E-state index contributed by atoms with van der Waals surface area (Å²) in [5.74, 6) is 5.65. The monoisotopic (exact) mass is 501 g/mol. The van der Waals surface area contributed by atoms with Gasteiger partial charge in [-0.1, -0.05) is 12.0 Å². The van der Waals surface area contributed by atoms with E-state index in [0.717, 1.165) is 48.4 Å². The molecule has 0 bridgehead atoms. The zero-order valence-electron chi connectivity index (χ0n) is 20.1. The fourth-order valence-corrected chi connectivity index (χ4v) is 5.91. The van der Waals surface area contributed by atoms with Crippen molar-refractivity contribution in [3.05, 3.63) is 35.6 Å². The van der Waals surface area contributed by atoms with Crippen molar-refractivity contribution in [2.75, 3.05) is 35.6 Å². The van der Waals surface area contributed by atoms with Gasteiger partial charge in [0.25, 0.3) is 0 Å². The fraction of sp³-hybridized carbons (Fsp3) is 0.440. The molecule has 5 rings (SSSR count). The van der Waals surface area contributed by atoms with E-state index in [0.29, 0.717) is 54.3 Å². The summed E-state index contributed by atoms with van der Waals surface area (Å²) in [6.07, 6.45) is 17.1. The van der Waals surface area contributed by atoms with Gasteiger partial charge in [-0.25, -0.2) is 15.0 Å². The first-order valence-electron chi connectivity index (χ1n) is 12.0. The van der Waals surface area contributed by atoms with E-state index in [2.05, 4.69) is 42.5 Å². The smallest absolute Gasteiger partial charge is 0.227 e. The SMILES string of the molecule is C#Cc1cnc(C2=CCN(c3nc4c(c(NC5(CN=C(C)NC#N)CCC5)n3)[S@@](=O)CC4)CC2)nc1. The average Bonchev–Trinajstić information content (AvgIpc) is 3.26. The Bertz CT molecular complexity index is 1330. The minimum atomic E-state index is -1.12. The molecule has 0 spiro atoms. The number of fused-ring (bicyclic) bond motifs is 1. The van der Waals surface area contributed by atoms with Gasteiger partial charge < -0.3 is 10.2 Å². The van der Waals surface area contributed by atoms with Crippen molar-refractivity contribution >= 4 is 34.0 Å². The normalized spacial score (nSPS) is 20.4. The summed E-state index contributed by atoms with van der Waals surface area (Å²) in [4.78, 5) is 25.8. The van der Waals surface area contributed by atoms with Gasteiger partial charge in [-0.3, -0.25) is 14.5 Å². The van der Waals surface area contributed by atoms with Gasteiger partial charge in [-0.15, -0.1) is 6.42 Å². The Morgan fingerprint density at radius 1 is 1.31 bits per heavy atom. The van der Waals surface area contributed by atoms with Crippen LogP contribution in [0.4, 0.5) is 11.8 Å². The van der Waals surface area contributed by atoms with E-state index in [9.17, 15) is 4.21 Å². The molecule has 2 aliphatic heterocycles. The second-order valence-corrected chi connectivity index (χ2v) is 10.7. The van der Waals surface area contributed by atoms with E-state index < -0.39 is 10.8 Å². The second kappa shape index (κ2) is 10.0. The Labute approximate surface area is 212 Å². The molecule has 1 aliphatic carbocycles. The molecule has 36 heavy (non-hydrogen) atoms. The number of hydrogen-bond donors (Lipinski definition) is 2. The number of terminal acetylenes is 1. The Morgan fingerprint density at radius 3 is 2.75 bits per heavy atom. The number of anilines is 2. The molecule has 1 atom stereocenters. The maximum absolute atomic E-state index is 12.8. The van der Waals surface area contributed by atoms with Crippen molar-refractivity contribution in [1.29, 1.82) is 5.26 Å². The van der Waals surface area contributed by atoms with Crippen LogP contribution in [0.25, 0.3) is 5.57 Å². The van der Waals surface area contributed by atoms with Crippen LogP contribution in [0.15, 0.2) is 28.4 Å². The van der Waals surface area contributed by atoms with E-state index in [-0.39, 0.29) is 5.54 Å². The molecule has 2 aromatic heterocycles. The molecule has 4 heterocycles. The standard InChI is InChI=1S/C25H27N9OS/c1-3-18-13-27-22(28-14-18)19-5-10-34(11-6-19)24-31-20-7-12-36(35)21(20)23(32-24)33-25(8-4-9-25)15-29-17(2)30-16-26/h1,5,13-14H,4,6-12,15H2,2H3,(H,29,30)(H,31,32,33)/t36-/m0/s1. The minimum Gasteiger partial charge on any atom is -0.362 e. The second-order valence-electron chi connectivity index (χ2n) is 9.21. The molecule has 3 aliphatic rings. The summed E-state index contributed by atoms with van der Waals surface area (Å²) >= 11 is 0. The van der Waals surface area contributed by atoms with Crippen molar-refractivity contribution in [3.8, 4) is 18.5 Å². The summed E-state index contributed by atoms with van der Waals surface area (Å²) in [5.41, 5.74) is 2.32. The number of aromatic nitrogens is 4. The number of nitrogens with zero attached hydrogens (tertiary/aromatic N) is 7. The van der Waals surface area contributed by atoms with Crippen LogP contribution in [-0.4, -0.2) is 60.9 Å². The van der Waals surface area contributed by atoms with Gasteiger partial charge in [-0.05, 0) is 38.2 Å². The number of aryl methyl sites for hydroxylation is 1. The van der Waals surface area contributed by atoms with Crippen LogP contribution in [-0.2, 0) is 17.2 Å². The van der Waals surface area contributed by atoms with Crippen LogP contribution >= 0.6 is 0 Å². The quantitative estimate of drug-likeness (QED) is 0.201. The molecule has 1 fully saturated rings. The molecule has 0 unspecified atom stereocenters. The molecular weight excluding hydrogens is 474 g/mol. The van der Waals surface area contributed by atoms with Crippen molar-refractivity contribution in [2.45, 2.75) is 49.5 Å². The number of amidine groups is 1. The number of nitriles is 1.